The molecule has 0 atom stereocenters. The fraction of sp³-hybridized carbons (Fsp3) is 0.240. The highest BCUT2D eigenvalue weighted by atomic mass is 19.1. The number of methoxy groups -OCH3 is 3. The Balaban J connectivity index is 1.94. The van der Waals surface area contributed by atoms with Gasteiger partial charge in [-0.2, -0.15) is 0 Å². The number of hydrogen-bond donors (Lipinski definition) is 2. The average molecular weight is 454 g/mol. The highest BCUT2D eigenvalue weighted by molar-refractivity contribution is 5.99. The molecule has 3 aromatic rings. The number of amides is 1. The highest BCUT2D eigenvalue weighted by Crippen LogP contribution is 2.47. The lowest BCUT2D eigenvalue weighted by molar-refractivity contribution is 0.0946. The normalized spacial score (nSPS) is 10.5. The number of halogens is 1. The summed E-state index contributed by atoms with van der Waals surface area (Å²) in [6, 6.07) is 15.0. The Hall–Kier alpha value is -3.78. The molecule has 1 amide bonds. The van der Waals surface area contributed by atoms with E-state index < -0.39 is 5.91 Å². The van der Waals surface area contributed by atoms with Crippen LogP contribution in [0.25, 0.3) is 0 Å². The molecule has 3 N–H and O–H groups in total. The first-order valence-electron chi connectivity index (χ1n) is 10.3. The van der Waals surface area contributed by atoms with E-state index in [0.717, 1.165) is 12.0 Å². The van der Waals surface area contributed by atoms with Crippen molar-refractivity contribution in [1.82, 2.24) is 5.32 Å². The van der Waals surface area contributed by atoms with Gasteiger partial charge in [-0.1, -0.05) is 24.3 Å². The van der Waals surface area contributed by atoms with E-state index in [1.807, 2.05) is 24.3 Å². The predicted octanol–water partition coefficient (Wildman–Crippen LogP) is 4.08. The van der Waals surface area contributed by atoms with Gasteiger partial charge < -0.3 is 30.0 Å². The Labute approximate surface area is 192 Å². The van der Waals surface area contributed by atoms with Crippen LogP contribution in [-0.4, -0.2) is 33.8 Å². The second-order valence-electron chi connectivity index (χ2n) is 7.12. The molecule has 0 aliphatic rings. The van der Waals surface area contributed by atoms with Gasteiger partial charge in [0, 0.05) is 12.6 Å². The van der Waals surface area contributed by atoms with E-state index in [4.69, 9.17) is 24.7 Å². The van der Waals surface area contributed by atoms with Gasteiger partial charge in [0.15, 0.2) is 11.5 Å². The summed E-state index contributed by atoms with van der Waals surface area (Å²) in [6.07, 6.45) is 0.760. The summed E-state index contributed by atoms with van der Waals surface area (Å²) in [5, 5.41) is 2.77. The number of nitrogens with two attached hydrogens (primary N) is 1. The maximum Gasteiger partial charge on any atom is 0.255 e. The van der Waals surface area contributed by atoms with Crippen molar-refractivity contribution in [3.63, 3.8) is 0 Å². The predicted molar refractivity (Wildman–Crippen MR) is 123 cm³/mol. The molecule has 0 aliphatic heterocycles. The Morgan fingerprint density at radius 3 is 2.21 bits per heavy atom. The summed E-state index contributed by atoms with van der Waals surface area (Å²) >= 11 is 0. The summed E-state index contributed by atoms with van der Waals surface area (Å²) in [6.45, 7) is 0.685. The second-order valence-corrected chi connectivity index (χ2v) is 7.12. The number of ether oxygens (including phenoxy) is 4. The molecule has 0 bridgehead atoms. The van der Waals surface area contributed by atoms with Crippen molar-refractivity contribution in [2.45, 2.75) is 13.0 Å². The summed E-state index contributed by atoms with van der Waals surface area (Å²) in [7, 11) is 4.34. The summed E-state index contributed by atoms with van der Waals surface area (Å²) in [5.74, 6) is 0.691. The van der Waals surface area contributed by atoms with Gasteiger partial charge in [0.25, 0.3) is 5.91 Å². The maximum absolute atomic E-state index is 13.5. The first-order chi connectivity index (χ1) is 16.0. The summed E-state index contributed by atoms with van der Waals surface area (Å²) < 4.78 is 35.9. The van der Waals surface area contributed by atoms with Crippen LogP contribution in [0.4, 0.5) is 4.39 Å². The van der Waals surface area contributed by atoms with Crippen LogP contribution in [0.2, 0.25) is 0 Å². The van der Waals surface area contributed by atoms with E-state index in [9.17, 15) is 9.18 Å². The molecule has 0 aliphatic carbocycles. The first kappa shape index (κ1) is 23.9. The van der Waals surface area contributed by atoms with Crippen molar-refractivity contribution in [2.75, 3.05) is 27.9 Å². The zero-order valence-corrected chi connectivity index (χ0v) is 18.8. The van der Waals surface area contributed by atoms with Crippen molar-refractivity contribution in [2.24, 2.45) is 5.73 Å². The van der Waals surface area contributed by atoms with Crippen LogP contribution in [-0.2, 0) is 13.0 Å². The quantitative estimate of drug-likeness (QED) is 0.480. The molecule has 0 saturated heterocycles. The molecule has 33 heavy (non-hydrogen) atoms. The zero-order chi connectivity index (χ0) is 23.8. The van der Waals surface area contributed by atoms with Crippen LogP contribution < -0.4 is 30.0 Å². The fourth-order valence-corrected chi connectivity index (χ4v) is 3.37. The molecular formula is C25H27FN2O5. The molecule has 7 nitrogen and oxygen atoms in total. The molecule has 0 radical (unpaired) electrons. The molecule has 3 aromatic carbocycles. The first-order valence-corrected chi connectivity index (χ1v) is 10.3. The third kappa shape index (κ3) is 5.72. The highest BCUT2D eigenvalue weighted by Gasteiger charge is 2.26. The Morgan fingerprint density at radius 1 is 0.909 bits per heavy atom. The lowest BCUT2D eigenvalue weighted by atomic mass is 10.1. The van der Waals surface area contributed by atoms with Crippen LogP contribution in [0.15, 0.2) is 54.6 Å². The van der Waals surface area contributed by atoms with E-state index in [-0.39, 0.29) is 40.9 Å². The van der Waals surface area contributed by atoms with Crippen LogP contribution in [0.3, 0.4) is 0 Å². The van der Waals surface area contributed by atoms with E-state index >= 15 is 0 Å². The fourth-order valence-electron chi connectivity index (χ4n) is 3.37. The van der Waals surface area contributed by atoms with Crippen molar-refractivity contribution >= 4 is 5.91 Å². The van der Waals surface area contributed by atoms with Crippen molar-refractivity contribution in [1.29, 1.82) is 0 Å². The third-order valence-electron chi connectivity index (χ3n) is 4.94. The molecule has 0 heterocycles. The number of carbonyl (C=O) groups is 1. The molecule has 174 valence electrons. The van der Waals surface area contributed by atoms with Gasteiger partial charge in [-0.25, -0.2) is 4.39 Å². The van der Waals surface area contributed by atoms with Crippen LogP contribution in [0, 0.1) is 5.82 Å². The monoisotopic (exact) mass is 454 g/mol. The van der Waals surface area contributed by atoms with Crippen molar-refractivity contribution in [3.8, 4) is 28.7 Å². The lowest BCUT2D eigenvalue weighted by Gasteiger charge is -2.19. The molecule has 3 rings (SSSR count). The van der Waals surface area contributed by atoms with Crippen LogP contribution >= 0.6 is 0 Å². The largest absolute Gasteiger partial charge is 0.492 e. The summed E-state index contributed by atoms with van der Waals surface area (Å²) in [4.78, 5) is 13.0. The lowest BCUT2D eigenvalue weighted by Crippen LogP contribution is -2.23. The molecule has 0 fully saturated rings. The standard InChI is InChI=1S/C25H27FN2O5/c1-30-22-20(25(29)28-15-17-5-4-6-18(26)13-17)14-21(23(31-2)24(22)32-3)33-19-9-7-16(8-10-19)11-12-27/h4-10,13-14H,11-12,15,27H2,1-3H3,(H,28,29). The van der Waals surface area contributed by atoms with Gasteiger partial charge >= 0.3 is 0 Å². The topological polar surface area (TPSA) is 92.0 Å². The molecule has 0 spiro atoms. The maximum atomic E-state index is 13.5. The average Bonchev–Trinajstić information content (AvgIpc) is 2.83. The Morgan fingerprint density at radius 2 is 1.61 bits per heavy atom. The van der Waals surface area contributed by atoms with Crippen molar-refractivity contribution < 1.29 is 28.1 Å². The van der Waals surface area contributed by atoms with E-state index in [1.54, 1.807) is 12.1 Å². The number of rotatable bonds is 10. The molecule has 8 heteroatoms. The van der Waals surface area contributed by atoms with Gasteiger partial charge in [0.2, 0.25) is 11.5 Å². The van der Waals surface area contributed by atoms with Crippen LogP contribution in [0.5, 0.6) is 28.7 Å². The summed E-state index contributed by atoms with van der Waals surface area (Å²) in [5.41, 5.74) is 7.49. The SMILES string of the molecule is COc1c(Oc2ccc(CCN)cc2)cc(C(=O)NCc2cccc(F)c2)c(OC)c1OC. The van der Waals surface area contributed by atoms with Gasteiger partial charge in [-0.05, 0) is 48.4 Å². The minimum atomic E-state index is -0.444. The van der Waals surface area contributed by atoms with E-state index in [0.29, 0.717) is 17.9 Å². The zero-order valence-electron chi connectivity index (χ0n) is 18.8. The third-order valence-corrected chi connectivity index (χ3v) is 4.94. The second kappa shape index (κ2) is 11.2. The molecule has 0 unspecified atom stereocenters. The molecular weight excluding hydrogens is 427 g/mol. The Bertz CT molecular complexity index is 1100. The van der Waals surface area contributed by atoms with Gasteiger partial charge in [0.05, 0.1) is 26.9 Å². The number of nitrogens with one attached hydrogen (secondary N) is 1. The van der Waals surface area contributed by atoms with Gasteiger partial charge in [-0.3, -0.25) is 4.79 Å². The minimum absolute atomic E-state index is 0.132. The number of carbonyl (C=O) groups excluding carboxylic acids is 1. The number of hydrogen-bond acceptors (Lipinski definition) is 6. The molecule has 0 aromatic heterocycles. The van der Waals surface area contributed by atoms with Crippen molar-refractivity contribution in [3.05, 3.63) is 77.1 Å². The van der Waals surface area contributed by atoms with Gasteiger partial charge in [0.1, 0.15) is 11.6 Å². The number of benzene rings is 3. The smallest absolute Gasteiger partial charge is 0.255 e. The van der Waals surface area contributed by atoms with Crippen LogP contribution in [0.1, 0.15) is 21.5 Å². The van der Waals surface area contributed by atoms with E-state index in [1.165, 1.54) is 39.5 Å². The molecule has 0 saturated carbocycles. The Kier molecular flexibility index (Phi) is 8.10. The van der Waals surface area contributed by atoms with Gasteiger partial charge in [-0.15, -0.1) is 0 Å². The minimum Gasteiger partial charge on any atom is -0.492 e. The van der Waals surface area contributed by atoms with E-state index in [2.05, 4.69) is 5.32 Å².